The lowest BCUT2D eigenvalue weighted by molar-refractivity contribution is 0.0828. The minimum atomic E-state index is -0.230. The first-order valence-corrected chi connectivity index (χ1v) is 6.04. The maximum absolute atomic E-state index is 5.90. The van der Waals surface area contributed by atoms with Crippen LogP contribution in [0.3, 0.4) is 0 Å². The lowest BCUT2D eigenvalue weighted by Gasteiger charge is -2.22. The molecule has 0 radical (unpaired) electrons. The Balaban J connectivity index is 0.00000289. The van der Waals surface area contributed by atoms with Crippen LogP contribution in [0.2, 0.25) is 0 Å². The Morgan fingerprint density at radius 1 is 1.11 bits per heavy atom. The molecule has 0 aliphatic carbocycles. The maximum atomic E-state index is 5.90. The normalized spacial score (nSPS) is 13.4. The second kappa shape index (κ2) is 7.84. The third kappa shape index (κ3) is 3.75. The highest BCUT2D eigenvalue weighted by molar-refractivity contribution is 9.10. The van der Waals surface area contributed by atoms with Gasteiger partial charge >= 0.3 is 0 Å². The summed E-state index contributed by atoms with van der Waals surface area (Å²) < 4.78 is 16.8. The van der Waals surface area contributed by atoms with Crippen LogP contribution in [0.5, 0.6) is 11.5 Å². The molecule has 0 amide bonds. The van der Waals surface area contributed by atoms with E-state index in [4.69, 9.17) is 19.9 Å². The Bertz CT molecular complexity index is 388. The van der Waals surface area contributed by atoms with Gasteiger partial charge in [0.05, 0.1) is 18.7 Å². The number of rotatable bonds is 5. The number of hydrogen-bond acceptors (Lipinski definition) is 4. The van der Waals surface area contributed by atoms with Crippen LogP contribution < -0.4 is 15.2 Å². The quantitative estimate of drug-likeness (QED) is 0.895. The van der Waals surface area contributed by atoms with E-state index < -0.39 is 0 Å². The smallest absolute Gasteiger partial charge is 0.133 e. The standard InChI is InChI=1S/C12H18BrNO3.ClH/c1-7(14)12(17-4)8-5-11(16-3)9(13)6-10(8)15-2;/h5-7,12H,14H2,1-4H3;1H/t7-,12+;/m0./s1. The Hall–Kier alpha value is -0.490. The molecule has 4 nitrogen and oxygen atoms in total. The second-order valence-electron chi connectivity index (χ2n) is 3.74. The summed E-state index contributed by atoms with van der Waals surface area (Å²) in [5.41, 5.74) is 6.78. The zero-order chi connectivity index (χ0) is 13.0. The van der Waals surface area contributed by atoms with Gasteiger partial charge in [-0.3, -0.25) is 0 Å². The predicted molar refractivity (Wildman–Crippen MR) is 77.9 cm³/mol. The predicted octanol–water partition coefficient (Wildman–Crippen LogP) is 2.92. The Kier molecular flexibility index (Phi) is 7.62. The van der Waals surface area contributed by atoms with Crippen molar-refractivity contribution in [2.75, 3.05) is 21.3 Å². The summed E-state index contributed by atoms with van der Waals surface area (Å²) in [6.45, 7) is 1.89. The van der Waals surface area contributed by atoms with Crippen LogP contribution in [-0.2, 0) is 4.74 Å². The fraction of sp³-hybridized carbons (Fsp3) is 0.500. The van der Waals surface area contributed by atoms with Crippen molar-refractivity contribution in [3.8, 4) is 11.5 Å². The molecule has 0 aliphatic heterocycles. The van der Waals surface area contributed by atoms with Crippen LogP contribution in [0.25, 0.3) is 0 Å². The van der Waals surface area contributed by atoms with Gasteiger partial charge in [0.15, 0.2) is 0 Å². The molecule has 0 heterocycles. The molecule has 0 fully saturated rings. The monoisotopic (exact) mass is 339 g/mol. The van der Waals surface area contributed by atoms with Crippen LogP contribution in [0.1, 0.15) is 18.6 Å². The number of benzene rings is 1. The van der Waals surface area contributed by atoms with Crippen LogP contribution in [0.4, 0.5) is 0 Å². The Labute approximate surface area is 122 Å². The molecule has 0 aliphatic rings. The van der Waals surface area contributed by atoms with E-state index >= 15 is 0 Å². The van der Waals surface area contributed by atoms with Gasteiger partial charge in [-0.05, 0) is 35.0 Å². The van der Waals surface area contributed by atoms with E-state index in [0.29, 0.717) is 0 Å². The van der Waals surface area contributed by atoms with E-state index in [-0.39, 0.29) is 24.6 Å². The van der Waals surface area contributed by atoms with Crippen molar-refractivity contribution in [1.82, 2.24) is 0 Å². The van der Waals surface area contributed by atoms with Gasteiger partial charge in [-0.1, -0.05) is 0 Å². The van der Waals surface area contributed by atoms with E-state index in [1.165, 1.54) is 0 Å². The van der Waals surface area contributed by atoms with E-state index in [1.807, 2.05) is 19.1 Å². The van der Waals surface area contributed by atoms with Crippen molar-refractivity contribution in [2.24, 2.45) is 5.73 Å². The number of ether oxygens (including phenoxy) is 3. The molecule has 0 bridgehead atoms. The summed E-state index contributed by atoms with van der Waals surface area (Å²) in [6.07, 6.45) is -0.230. The first kappa shape index (κ1) is 17.5. The van der Waals surface area contributed by atoms with E-state index in [1.54, 1.807) is 21.3 Å². The minimum absolute atomic E-state index is 0. The molecule has 0 unspecified atom stereocenters. The number of nitrogens with two attached hydrogens (primary N) is 1. The molecule has 6 heteroatoms. The van der Waals surface area contributed by atoms with Crippen LogP contribution in [0.15, 0.2) is 16.6 Å². The molecular formula is C12H19BrClNO3. The summed E-state index contributed by atoms with van der Waals surface area (Å²) in [5, 5.41) is 0. The molecule has 2 N–H and O–H groups in total. The molecule has 1 aromatic rings. The molecule has 0 spiro atoms. The number of hydrogen-bond donors (Lipinski definition) is 1. The fourth-order valence-corrected chi connectivity index (χ4v) is 2.22. The molecule has 18 heavy (non-hydrogen) atoms. The molecular weight excluding hydrogens is 321 g/mol. The molecule has 0 saturated heterocycles. The second-order valence-corrected chi connectivity index (χ2v) is 4.60. The zero-order valence-electron chi connectivity index (χ0n) is 10.9. The van der Waals surface area contributed by atoms with E-state index in [2.05, 4.69) is 15.9 Å². The van der Waals surface area contributed by atoms with Gasteiger partial charge in [-0.2, -0.15) is 0 Å². The lowest BCUT2D eigenvalue weighted by Crippen LogP contribution is -2.26. The summed E-state index contributed by atoms with van der Waals surface area (Å²) in [4.78, 5) is 0. The van der Waals surface area contributed by atoms with E-state index in [9.17, 15) is 0 Å². The Morgan fingerprint density at radius 3 is 2.06 bits per heavy atom. The maximum Gasteiger partial charge on any atom is 0.133 e. The average molecular weight is 341 g/mol. The van der Waals surface area contributed by atoms with Gasteiger partial charge in [0, 0.05) is 18.7 Å². The van der Waals surface area contributed by atoms with Crippen LogP contribution >= 0.6 is 28.3 Å². The number of halogens is 2. The van der Waals surface area contributed by atoms with Crippen molar-refractivity contribution < 1.29 is 14.2 Å². The summed E-state index contributed by atoms with van der Waals surface area (Å²) in [7, 11) is 4.86. The highest BCUT2D eigenvalue weighted by Crippen LogP contribution is 2.37. The highest BCUT2D eigenvalue weighted by atomic mass is 79.9. The van der Waals surface area contributed by atoms with Gasteiger partial charge in [-0.25, -0.2) is 0 Å². The largest absolute Gasteiger partial charge is 0.496 e. The van der Waals surface area contributed by atoms with Gasteiger partial charge < -0.3 is 19.9 Å². The first-order valence-electron chi connectivity index (χ1n) is 5.25. The van der Waals surface area contributed by atoms with Crippen molar-refractivity contribution >= 4 is 28.3 Å². The average Bonchev–Trinajstić information content (AvgIpc) is 2.30. The zero-order valence-corrected chi connectivity index (χ0v) is 13.3. The Morgan fingerprint density at radius 2 is 1.67 bits per heavy atom. The molecule has 2 atom stereocenters. The van der Waals surface area contributed by atoms with Gasteiger partial charge in [0.2, 0.25) is 0 Å². The summed E-state index contributed by atoms with van der Waals surface area (Å²) in [5.74, 6) is 1.45. The third-order valence-electron chi connectivity index (χ3n) is 2.54. The summed E-state index contributed by atoms with van der Waals surface area (Å²) in [6, 6.07) is 3.59. The van der Waals surface area contributed by atoms with Gasteiger partial charge in [-0.15, -0.1) is 12.4 Å². The molecule has 104 valence electrons. The van der Waals surface area contributed by atoms with E-state index in [0.717, 1.165) is 21.5 Å². The minimum Gasteiger partial charge on any atom is -0.496 e. The SMILES string of the molecule is COc1cc([C@H](OC)[C@H](C)N)c(OC)cc1Br.Cl. The van der Waals surface area contributed by atoms with Crippen molar-refractivity contribution in [3.63, 3.8) is 0 Å². The van der Waals surface area contributed by atoms with Gasteiger partial charge in [0.25, 0.3) is 0 Å². The van der Waals surface area contributed by atoms with Crippen molar-refractivity contribution in [1.29, 1.82) is 0 Å². The van der Waals surface area contributed by atoms with Crippen molar-refractivity contribution in [2.45, 2.75) is 19.1 Å². The number of methoxy groups -OCH3 is 3. The molecule has 1 rings (SSSR count). The molecule has 1 aromatic carbocycles. The lowest BCUT2D eigenvalue weighted by atomic mass is 10.0. The van der Waals surface area contributed by atoms with Crippen molar-refractivity contribution in [3.05, 3.63) is 22.2 Å². The third-order valence-corrected chi connectivity index (χ3v) is 3.16. The molecule has 0 aromatic heterocycles. The topological polar surface area (TPSA) is 53.7 Å². The highest BCUT2D eigenvalue weighted by Gasteiger charge is 2.21. The fourth-order valence-electron chi connectivity index (χ4n) is 1.73. The van der Waals surface area contributed by atoms with Gasteiger partial charge in [0.1, 0.15) is 17.6 Å². The summed E-state index contributed by atoms with van der Waals surface area (Å²) >= 11 is 3.41. The molecule has 0 saturated carbocycles. The van der Waals surface area contributed by atoms with Crippen LogP contribution in [0, 0.1) is 0 Å². The van der Waals surface area contributed by atoms with Crippen LogP contribution in [-0.4, -0.2) is 27.4 Å². The first-order chi connectivity index (χ1) is 8.04.